The number of nitrogens with one attached hydrogen (secondary N) is 1. The van der Waals surface area contributed by atoms with Crippen LogP contribution < -0.4 is 11.1 Å². The van der Waals surface area contributed by atoms with Gasteiger partial charge in [-0.2, -0.15) is 0 Å². The Bertz CT molecular complexity index is 421. The molecule has 0 aliphatic rings. The summed E-state index contributed by atoms with van der Waals surface area (Å²) in [5.41, 5.74) is 5.35. The molecule has 0 aromatic carbocycles. The van der Waals surface area contributed by atoms with E-state index in [2.05, 4.69) is 10.3 Å². The Morgan fingerprint density at radius 3 is 2.53 bits per heavy atom. The molecule has 0 saturated heterocycles. The third-order valence-corrected chi connectivity index (χ3v) is 2.08. The molecule has 4 N–H and O–H groups in total. The molecule has 6 nitrogen and oxygen atoms in total. The number of aromatic nitrogens is 1. The van der Waals surface area contributed by atoms with Crippen molar-refractivity contribution in [2.24, 2.45) is 5.73 Å². The van der Waals surface area contributed by atoms with Crippen molar-refractivity contribution < 1.29 is 14.7 Å². The molecule has 1 amide bonds. The van der Waals surface area contributed by atoms with Crippen LogP contribution in [0.3, 0.4) is 0 Å². The van der Waals surface area contributed by atoms with Crippen molar-refractivity contribution in [2.45, 2.75) is 25.9 Å². The molecule has 6 heteroatoms. The highest BCUT2D eigenvalue weighted by atomic mass is 16.4. The first-order chi connectivity index (χ1) is 7.80. The van der Waals surface area contributed by atoms with E-state index in [4.69, 9.17) is 10.8 Å². The highest BCUT2D eigenvalue weighted by Gasteiger charge is 2.21. The van der Waals surface area contributed by atoms with Crippen LogP contribution in [0, 0.1) is 0 Å². The second-order valence-corrected chi connectivity index (χ2v) is 4.26. The Balaban J connectivity index is 2.59. The minimum absolute atomic E-state index is 0.0285. The van der Waals surface area contributed by atoms with E-state index in [1.807, 2.05) is 0 Å². The summed E-state index contributed by atoms with van der Waals surface area (Å²) in [6, 6.07) is 2.98. The van der Waals surface area contributed by atoms with E-state index in [-0.39, 0.29) is 18.1 Å². The van der Waals surface area contributed by atoms with Crippen molar-refractivity contribution in [1.29, 1.82) is 0 Å². The summed E-state index contributed by atoms with van der Waals surface area (Å²) >= 11 is 0. The monoisotopic (exact) mass is 237 g/mol. The van der Waals surface area contributed by atoms with E-state index in [0.29, 0.717) is 5.56 Å². The SMILES string of the molecule is CC(C)(N)C(=O)NCc1ccc(C(=O)O)nc1. The first-order valence-corrected chi connectivity index (χ1v) is 5.06. The number of pyridine rings is 1. The first-order valence-electron chi connectivity index (χ1n) is 5.06. The van der Waals surface area contributed by atoms with E-state index in [1.54, 1.807) is 19.9 Å². The lowest BCUT2D eigenvalue weighted by Crippen LogP contribution is -2.48. The van der Waals surface area contributed by atoms with Crippen LogP contribution in [0.15, 0.2) is 18.3 Å². The van der Waals surface area contributed by atoms with Crippen molar-refractivity contribution in [1.82, 2.24) is 10.3 Å². The van der Waals surface area contributed by atoms with Crippen LogP contribution in [0.25, 0.3) is 0 Å². The molecular formula is C11H15N3O3. The quantitative estimate of drug-likeness (QED) is 0.690. The molecule has 0 aliphatic heterocycles. The van der Waals surface area contributed by atoms with Gasteiger partial charge in [-0.1, -0.05) is 6.07 Å². The third kappa shape index (κ3) is 3.84. The molecule has 0 aliphatic carbocycles. The van der Waals surface area contributed by atoms with Gasteiger partial charge in [0.15, 0.2) is 0 Å². The molecule has 1 heterocycles. The Morgan fingerprint density at radius 1 is 1.47 bits per heavy atom. The van der Waals surface area contributed by atoms with Gasteiger partial charge in [-0.25, -0.2) is 9.78 Å². The van der Waals surface area contributed by atoms with Crippen LogP contribution in [0.4, 0.5) is 0 Å². The summed E-state index contributed by atoms with van der Waals surface area (Å²) < 4.78 is 0. The van der Waals surface area contributed by atoms with Gasteiger partial charge < -0.3 is 16.2 Å². The summed E-state index contributed by atoms with van der Waals surface area (Å²) in [6.45, 7) is 3.48. The summed E-state index contributed by atoms with van der Waals surface area (Å²) in [4.78, 5) is 25.8. The second-order valence-electron chi connectivity index (χ2n) is 4.26. The Hall–Kier alpha value is -1.95. The number of carboxylic acids is 1. The molecule has 0 saturated carbocycles. The Kier molecular flexibility index (Phi) is 3.80. The zero-order valence-electron chi connectivity index (χ0n) is 9.73. The van der Waals surface area contributed by atoms with E-state index in [0.717, 1.165) is 0 Å². The maximum absolute atomic E-state index is 11.5. The lowest BCUT2D eigenvalue weighted by Gasteiger charge is -2.17. The minimum Gasteiger partial charge on any atom is -0.477 e. The lowest BCUT2D eigenvalue weighted by atomic mass is 10.1. The van der Waals surface area contributed by atoms with Gasteiger partial charge in [0.1, 0.15) is 5.69 Å². The smallest absolute Gasteiger partial charge is 0.354 e. The fourth-order valence-electron chi connectivity index (χ4n) is 1.07. The van der Waals surface area contributed by atoms with Crippen molar-refractivity contribution in [3.63, 3.8) is 0 Å². The van der Waals surface area contributed by atoms with E-state index >= 15 is 0 Å². The van der Waals surface area contributed by atoms with Gasteiger partial charge >= 0.3 is 5.97 Å². The van der Waals surface area contributed by atoms with E-state index < -0.39 is 11.5 Å². The minimum atomic E-state index is -1.08. The molecule has 17 heavy (non-hydrogen) atoms. The maximum Gasteiger partial charge on any atom is 0.354 e. The van der Waals surface area contributed by atoms with Crippen LogP contribution in [0.2, 0.25) is 0 Å². The summed E-state index contributed by atoms with van der Waals surface area (Å²) in [7, 11) is 0. The predicted molar refractivity (Wildman–Crippen MR) is 61.3 cm³/mol. The number of carbonyl (C=O) groups is 2. The number of carbonyl (C=O) groups excluding carboxylic acids is 1. The summed E-state index contributed by atoms with van der Waals surface area (Å²) in [6.07, 6.45) is 1.41. The van der Waals surface area contributed by atoms with Crippen LogP contribution in [0.1, 0.15) is 29.9 Å². The zero-order valence-corrected chi connectivity index (χ0v) is 9.73. The average Bonchev–Trinajstić information content (AvgIpc) is 2.25. The normalized spacial score (nSPS) is 11.0. The van der Waals surface area contributed by atoms with Crippen LogP contribution >= 0.6 is 0 Å². The molecule has 0 atom stereocenters. The number of nitrogens with zero attached hydrogens (tertiary/aromatic N) is 1. The number of nitrogens with two attached hydrogens (primary N) is 1. The number of hydrogen-bond donors (Lipinski definition) is 3. The van der Waals surface area contributed by atoms with Gasteiger partial charge in [-0.05, 0) is 25.5 Å². The topological polar surface area (TPSA) is 105 Å². The molecule has 0 unspecified atom stereocenters. The van der Waals surface area contributed by atoms with Crippen LogP contribution in [-0.2, 0) is 11.3 Å². The molecule has 0 fully saturated rings. The average molecular weight is 237 g/mol. The maximum atomic E-state index is 11.5. The number of carboxylic acid groups (broad SMARTS) is 1. The van der Waals surface area contributed by atoms with Gasteiger partial charge in [-0.3, -0.25) is 4.79 Å². The zero-order chi connectivity index (χ0) is 13.1. The fourth-order valence-corrected chi connectivity index (χ4v) is 1.07. The lowest BCUT2D eigenvalue weighted by molar-refractivity contribution is -0.125. The molecule has 1 rings (SSSR count). The van der Waals surface area contributed by atoms with E-state index in [9.17, 15) is 9.59 Å². The Labute approximate surface area is 98.8 Å². The molecular weight excluding hydrogens is 222 g/mol. The van der Waals surface area contributed by atoms with Crippen LogP contribution in [0.5, 0.6) is 0 Å². The largest absolute Gasteiger partial charge is 0.477 e. The number of amides is 1. The number of rotatable bonds is 4. The van der Waals surface area contributed by atoms with E-state index in [1.165, 1.54) is 12.3 Å². The van der Waals surface area contributed by atoms with Crippen molar-refractivity contribution in [3.8, 4) is 0 Å². The van der Waals surface area contributed by atoms with Crippen LogP contribution in [-0.4, -0.2) is 27.5 Å². The van der Waals surface area contributed by atoms with Crippen molar-refractivity contribution in [3.05, 3.63) is 29.6 Å². The van der Waals surface area contributed by atoms with Gasteiger partial charge in [0.25, 0.3) is 0 Å². The van der Waals surface area contributed by atoms with Gasteiger partial charge in [0, 0.05) is 12.7 Å². The third-order valence-electron chi connectivity index (χ3n) is 2.08. The fraction of sp³-hybridized carbons (Fsp3) is 0.364. The highest BCUT2D eigenvalue weighted by Crippen LogP contribution is 2.02. The van der Waals surface area contributed by atoms with Gasteiger partial charge in [0.05, 0.1) is 5.54 Å². The Morgan fingerprint density at radius 2 is 2.12 bits per heavy atom. The number of hydrogen-bond acceptors (Lipinski definition) is 4. The molecule has 0 bridgehead atoms. The van der Waals surface area contributed by atoms with Gasteiger partial charge in [-0.15, -0.1) is 0 Å². The molecule has 0 spiro atoms. The molecule has 1 aromatic heterocycles. The first kappa shape index (κ1) is 13.1. The summed E-state index contributed by atoms with van der Waals surface area (Å²) in [5, 5.41) is 11.3. The van der Waals surface area contributed by atoms with Gasteiger partial charge in [0.2, 0.25) is 5.91 Å². The highest BCUT2D eigenvalue weighted by molar-refractivity contribution is 5.85. The van der Waals surface area contributed by atoms with Crippen molar-refractivity contribution in [2.75, 3.05) is 0 Å². The molecule has 0 radical (unpaired) electrons. The number of aromatic carboxylic acids is 1. The second kappa shape index (κ2) is 4.92. The predicted octanol–water partition coefficient (Wildman–Crippen LogP) is 0.133. The molecule has 1 aromatic rings. The summed E-state index contributed by atoms with van der Waals surface area (Å²) in [5.74, 6) is -1.36. The standard InChI is InChI=1S/C11H15N3O3/c1-11(2,12)10(17)14-6-7-3-4-8(9(15)16)13-5-7/h3-5H,6,12H2,1-2H3,(H,14,17)(H,15,16). The molecule has 92 valence electrons. The van der Waals surface area contributed by atoms with Crippen molar-refractivity contribution >= 4 is 11.9 Å².